The van der Waals surface area contributed by atoms with Crippen molar-refractivity contribution in [2.24, 2.45) is 0 Å². The smallest absolute Gasteiger partial charge is 0.484 e. The molecule has 0 saturated heterocycles. The number of nitrogens with zero attached hydrogens (tertiary/aromatic N) is 1. The van der Waals surface area contributed by atoms with Crippen molar-refractivity contribution in [1.29, 1.82) is 0 Å². The van der Waals surface area contributed by atoms with Crippen molar-refractivity contribution >= 4 is 5.97 Å². The number of hydrogen-bond acceptors (Lipinski definition) is 5. The van der Waals surface area contributed by atoms with Gasteiger partial charge in [0.2, 0.25) is 0 Å². The van der Waals surface area contributed by atoms with Crippen LogP contribution in [0.4, 0.5) is 0 Å². The van der Waals surface area contributed by atoms with Crippen LogP contribution in [0.2, 0.25) is 0 Å². The van der Waals surface area contributed by atoms with Crippen LogP contribution in [0.3, 0.4) is 0 Å². The number of aliphatic carboxylic acids is 1. The van der Waals surface area contributed by atoms with Crippen LogP contribution in [0.25, 0.3) is 4.85 Å². The number of carboxylic acids is 1. The quantitative estimate of drug-likeness (QED) is 0.381. The molecule has 0 heterocycles. The minimum atomic E-state index is -1.80. The van der Waals surface area contributed by atoms with Crippen molar-refractivity contribution in [2.75, 3.05) is 20.3 Å². The normalized spacial score (nSPS) is 12.2. The van der Waals surface area contributed by atoms with Crippen LogP contribution in [0.15, 0.2) is 78.9 Å². The molecule has 7 nitrogen and oxygen atoms in total. The van der Waals surface area contributed by atoms with Crippen molar-refractivity contribution < 1.29 is 28.8 Å². The van der Waals surface area contributed by atoms with Crippen LogP contribution in [0.5, 0.6) is 23.0 Å². The van der Waals surface area contributed by atoms with E-state index in [0.717, 1.165) is 17.2 Å². The number of ether oxygens (including phenoxy) is 4. The molecular formula is C26H26NO6+. The lowest BCUT2D eigenvalue weighted by molar-refractivity contribution is -0.156. The number of methoxy groups -OCH3 is 1. The molecule has 170 valence electrons. The number of rotatable bonds is 12. The van der Waals surface area contributed by atoms with E-state index in [-0.39, 0.29) is 6.42 Å². The number of carbonyl (C=O) groups is 1. The first kappa shape index (κ1) is 23.6. The highest BCUT2D eigenvalue weighted by atomic mass is 16.5. The number of para-hydroxylation sites is 1. The van der Waals surface area contributed by atoms with Gasteiger partial charge in [-0.15, -0.1) is 0 Å². The summed E-state index contributed by atoms with van der Waals surface area (Å²) < 4.78 is 22.2. The fourth-order valence-electron chi connectivity index (χ4n) is 3.04. The van der Waals surface area contributed by atoms with Gasteiger partial charge in [0.15, 0.2) is 0 Å². The molecule has 3 aromatic rings. The molecule has 0 unspecified atom stereocenters. The lowest BCUT2D eigenvalue weighted by atomic mass is 10.0. The van der Waals surface area contributed by atoms with Crippen molar-refractivity contribution in [3.05, 3.63) is 89.3 Å². The summed E-state index contributed by atoms with van der Waals surface area (Å²) in [5.74, 6) is 1.71. The summed E-state index contributed by atoms with van der Waals surface area (Å²) in [7, 11) is 1.26. The summed E-state index contributed by atoms with van der Waals surface area (Å²) in [4.78, 5) is 14.8. The molecule has 0 aromatic heterocycles. The second-order valence-corrected chi connectivity index (χ2v) is 7.18. The lowest BCUT2D eigenvalue weighted by Crippen LogP contribution is -2.39. The van der Waals surface area contributed by atoms with E-state index in [1.165, 1.54) is 7.11 Å². The molecule has 0 aliphatic rings. The standard InChI is InChI=1S/C26H25NO6/c1-27-26(30-2,25(28)29)19-20-9-11-21(12-10-20)31-17-6-18-32-22-13-15-24(16-14-22)33-23-7-4-3-5-8-23/h1,3-5,7-16H,6,17-19H2,2H3/p+1/t26-/m0/s1. The summed E-state index contributed by atoms with van der Waals surface area (Å²) in [5.41, 5.74) is -1.09. The first-order chi connectivity index (χ1) is 16.0. The highest BCUT2D eigenvalue weighted by molar-refractivity contribution is 5.79. The summed E-state index contributed by atoms with van der Waals surface area (Å²) in [5, 5.41) is 9.32. The maximum atomic E-state index is 11.4. The summed E-state index contributed by atoms with van der Waals surface area (Å²) in [6.45, 7) is 6.23. The summed E-state index contributed by atoms with van der Waals surface area (Å²) >= 11 is 0. The average Bonchev–Trinajstić information content (AvgIpc) is 2.85. The Morgan fingerprint density at radius 2 is 1.36 bits per heavy atom. The van der Waals surface area contributed by atoms with Crippen LogP contribution in [0.1, 0.15) is 12.0 Å². The van der Waals surface area contributed by atoms with Gasteiger partial charge in [-0.1, -0.05) is 30.3 Å². The van der Waals surface area contributed by atoms with E-state index in [9.17, 15) is 9.90 Å². The van der Waals surface area contributed by atoms with Crippen LogP contribution in [-0.2, 0) is 16.0 Å². The minimum absolute atomic E-state index is 0.0125. The zero-order valence-corrected chi connectivity index (χ0v) is 18.3. The minimum Gasteiger partial charge on any atom is -0.493 e. The number of hydrogen-bond donors (Lipinski definition) is 1. The Balaban J connectivity index is 1.39. The van der Waals surface area contributed by atoms with Gasteiger partial charge in [0.1, 0.15) is 23.0 Å². The first-order valence-electron chi connectivity index (χ1n) is 10.4. The van der Waals surface area contributed by atoms with Gasteiger partial charge in [-0.25, -0.2) is 4.79 Å². The largest absolute Gasteiger partial charge is 0.493 e. The van der Waals surface area contributed by atoms with E-state index in [0.29, 0.717) is 30.9 Å². The zero-order valence-electron chi connectivity index (χ0n) is 18.3. The predicted molar refractivity (Wildman–Crippen MR) is 124 cm³/mol. The molecule has 3 rings (SSSR count). The Morgan fingerprint density at radius 3 is 1.88 bits per heavy atom. The lowest BCUT2D eigenvalue weighted by Gasteiger charge is -2.12. The average molecular weight is 448 g/mol. The Morgan fingerprint density at radius 1 is 0.848 bits per heavy atom. The number of carboxylic acid groups (broad SMARTS) is 1. The topological polar surface area (TPSA) is 78.6 Å². The molecular weight excluding hydrogens is 422 g/mol. The first-order valence-corrected chi connectivity index (χ1v) is 10.4. The fourth-order valence-corrected chi connectivity index (χ4v) is 3.04. The number of benzene rings is 3. The van der Waals surface area contributed by atoms with Gasteiger partial charge in [-0.05, 0) is 58.9 Å². The van der Waals surface area contributed by atoms with Gasteiger partial charge in [-0.3, -0.25) is 4.74 Å². The van der Waals surface area contributed by atoms with Crippen LogP contribution >= 0.6 is 0 Å². The van der Waals surface area contributed by atoms with Gasteiger partial charge in [0.25, 0.3) is 6.57 Å². The van der Waals surface area contributed by atoms with E-state index in [2.05, 4.69) is 4.85 Å². The van der Waals surface area contributed by atoms with Gasteiger partial charge in [0, 0.05) is 13.5 Å². The molecule has 0 spiro atoms. The second-order valence-electron chi connectivity index (χ2n) is 7.18. The third-order valence-electron chi connectivity index (χ3n) is 4.88. The Bertz CT molecular complexity index is 1060. The predicted octanol–water partition coefficient (Wildman–Crippen LogP) is 5.26. The van der Waals surface area contributed by atoms with Crippen LogP contribution < -0.4 is 14.2 Å². The molecule has 1 atom stereocenters. The van der Waals surface area contributed by atoms with Crippen LogP contribution in [0, 0.1) is 6.57 Å². The third kappa shape index (κ3) is 6.73. The second kappa shape index (κ2) is 11.6. The summed E-state index contributed by atoms with van der Waals surface area (Å²) in [6.07, 6.45) is 0.709. The van der Waals surface area contributed by atoms with E-state index >= 15 is 0 Å². The van der Waals surface area contributed by atoms with Crippen molar-refractivity contribution in [2.45, 2.75) is 18.6 Å². The Labute approximate surface area is 192 Å². The zero-order chi connectivity index (χ0) is 23.5. The SMILES string of the molecule is C#[N+][C@@](Cc1ccc(OCCCOc2ccc(Oc3ccccc3)cc2)cc1)(OC)C(=O)O. The third-order valence-corrected chi connectivity index (χ3v) is 4.88. The molecule has 0 saturated carbocycles. The molecule has 0 radical (unpaired) electrons. The molecule has 33 heavy (non-hydrogen) atoms. The highest BCUT2D eigenvalue weighted by Gasteiger charge is 2.50. The molecule has 0 amide bonds. The molecule has 0 bridgehead atoms. The maximum absolute atomic E-state index is 11.4. The van der Waals surface area contributed by atoms with E-state index in [4.69, 9.17) is 25.5 Å². The molecule has 0 aliphatic heterocycles. The van der Waals surface area contributed by atoms with E-state index in [1.54, 1.807) is 24.3 Å². The highest BCUT2D eigenvalue weighted by Crippen LogP contribution is 2.24. The monoisotopic (exact) mass is 448 g/mol. The molecule has 1 N–H and O–H groups in total. The van der Waals surface area contributed by atoms with Crippen molar-refractivity contribution in [3.63, 3.8) is 0 Å². The van der Waals surface area contributed by atoms with Crippen molar-refractivity contribution in [3.8, 4) is 29.6 Å². The molecule has 3 aromatic carbocycles. The summed E-state index contributed by atoms with van der Waals surface area (Å²) in [6, 6.07) is 24.1. The van der Waals surface area contributed by atoms with Crippen LogP contribution in [-0.4, -0.2) is 37.1 Å². The van der Waals surface area contributed by atoms with E-state index < -0.39 is 11.7 Å². The van der Waals surface area contributed by atoms with Gasteiger partial charge in [-0.2, -0.15) is 0 Å². The Kier molecular flexibility index (Phi) is 8.28. The van der Waals surface area contributed by atoms with Gasteiger partial charge < -0.3 is 19.3 Å². The van der Waals surface area contributed by atoms with Gasteiger partial charge >= 0.3 is 11.7 Å². The fraction of sp³-hybridized carbons (Fsp3) is 0.231. The molecule has 7 heteroatoms. The van der Waals surface area contributed by atoms with Crippen molar-refractivity contribution in [1.82, 2.24) is 0 Å². The molecule has 0 fully saturated rings. The Hall–Kier alpha value is -4.02. The maximum Gasteiger partial charge on any atom is 0.484 e. The molecule has 0 aliphatic carbocycles. The van der Waals surface area contributed by atoms with Gasteiger partial charge in [0.05, 0.1) is 19.6 Å². The van der Waals surface area contributed by atoms with E-state index in [1.807, 2.05) is 54.6 Å².